The van der Waals surface area contributed by atoms with Gasteiger partial charge in [-0.1, -0.05) is 13.8 Å². The van der Waals surface area contributed by atoms with Crippen molar-refractivity contribution in [2.24, 2.45) is 17.6 Å². The SMILES string of the molecule is CC(C)[C@H](N)C(=O)N1CCC(NCC2CC2)CC1. The zero-order valence-corrected chi connectivity index (χ0v) is 11.7. The molecule has 1 atom stereocenters. The zero-order chi connectivity index (χ0) is 13.1. The van der Waals surface area contributed by atoms with Gasteiger partial charge in [0, 0.05) is 19.1 Å². The van der Waals surface area contributed by atoms with Crippen LogP contribution in [0.15, 0.2) is 0 Å². The molecule has 0 aromatic carbocycles. The van der Waals surface area contributed by atoms with Gasteiger partial charge in [0.25, 0.3) is 0 Å². The van der Waals surface area contributed by atoms with Crippen LogP contribution in [-0.4, -0.2) is 42.5 Å². The number of carbonyl (C=O) groups excluding carboxylic acids is 1. The molecule has 0 unspecified atom stereocenters. The molecule has 1 aliphatic carbocycles. The van der Waals surface area contributed by atoms with Gasteiger partial charge in [-0.3, -0.25) is 4.79 Å². The van der Waals surface area contributed by atoms with Crippen LogP contribution in [0.3, 0.4) is 0 Å². The molecule has 0 bridgehead atoms. The molecule has 2 aliphatic rings. The fraction of sp³-hybridized carbons (Fsp3) is 0.929. The van der Waals surface area contributed by atoms with Crippen molar-refractivity contribution in [2.45, 2.75) is 51.6 Å². The fourth-order valence-corrected chi connectivity index (χ4v) is 2.46. The van der Waals surface area contributed by atoms with Crippen LogP contribution < -0.4 is 11.1 Å². The average molecular weight is 253 g/mol. The maximum absolute atomic E-state index is 12.1. The number of rotatable bonds is 5. The van der Waals surface area contributed by atoms with E-state index in [4.69, 9.17) is 5.73 Å². The Morgan fingerprint density at radius 3 is 2.39 bits per heavy atom. The second kappa shape index (κ2) is 6.02. The summed E-state index contributed by atoms with van der Waals surface area (Å²) in [4.78, 5) is 14.0. The molecule has 1 saturated carbocycles. The third kappa shape index (κ3) is 3.69. The van der Waals surface area contributed by atoms with E-state index in [1.165, 1.54) is 19.4 Å². The number of amides is 1. The first kappa shape index (κ1) is 13.8. The van der Waals surface area contributed by atoms with E-state index in [9.17, 15) is 4.79 Å². The number of nitrogens with zero attached hydrogens (tertiary/aromatic N) is 1. The summed E-state index contributed by atoms with van der Waals surface area (Å²) in [6.45, 7) is 6.91. The van der Waals surface area contributed by atoms with Crippen LogP contribution in [0.4, 0.5) is 0 Å². The third-order valence-corrected chi connectivity index (χ3v) is 4.20. The minimum absolute atomic E-state index is 0.130. The summed E-state index contributed by atoms with van der Waals surface area (Å²) in [5, 5.41) is 3.63. The van der Waals surface area contributed by atoms with Gasteiger partial charge in [-0.05, 0) is 44.1 Å². The standard InChI is InChI=1S/C14H27N3O/c1-10(2)13(15)14(18)17-7-5-12(6-8-17)16-9-11-3-4-11/h10-13,16H,3-9,15H2,1-2H3/t13-/m0/s1. The number of nitrogens with one attached hydrogen (secondary N) is 1. The maximum atomic E-state index is 12.1. The van der Waals surface area contributed by atoms with Crippen molar-refractivity contribution in [1.82, 2.24) is 10.2 Å². The molecule has 1 aliphatic heterocycles. The lowest BCUT2D eigenvalue weighted by atomic mass is 10.0. The highest BCUT2D eigenvalue weighted by atomic mass is 16.2. The molecule has 0 aromatic rings. The molecule has 1 amide bonds. The lowest BCUT2D eigenvalue weighted by molar-refractivity contribution is -0.134. The minimum atomic E-state index is -0.332. The van der Waals surface area contributed by atoms with E-state index in [1.807, 2.05) is 18.7 Å². The van der Waals surface area contributed by atoms with E-state index in [-0.39, 0.29) is 17.9 Å². The molecule has 4 nitrogen and oxygen atoms in total. The molecule has 1 heterocycles. The van der Waals surface area contributed by atoms with Crippen molar-refractivity contribution < 1.29 is 4.79 Å². The molecule has 3 N–H and O–H groups in total. The van der Waals surface area contributed by atoms with Gasteiger partial charge in [0.2, 0.25) is 5.91 Å². The van der Waals surface area contributed by atoms with Crippen LogP contribution in [0.1, 0.15) is 39.5 Å². The lowest BCUT2D eigenvalue weighted by Crippen LogP contribution is -2.51. The summed E-state index contributed by atoms with van der Waals surface area (Å²) in [7, 11) is 0. The van der Waals surface area contributed by atoms with Crippen molar-refractivity contribution in [3.05, 3.63) is 0 Å². The molecule has 4 heteroatoms. The van der Waals surface area contributed by atoms with E-state index in [1.54, 1.807) is 0 Å². The number of carbonyl (C=O) groups is 1. The largest absolute Gasteiger partial charge is 0.341 e. The molecular weight excluding hydrogens is 226 g/mol. The minimum Gasteiger partial charge on any atom is -0.341 e. The Morgan fingerprint density at radius 1 is 1.28 bits per heavy atom. The number of likely N-dealkylation sites (tertiary alicyclic amines) is 1. The lowest BCUT2D eigenvalue weighted by Gasteiger charge is -2.34. The molecule has 0 aromatic heterocycles. The maximum Gasteiger partial charge on any atom is 0.239 e. The van der Waals surface area contributed by atoms with Gasteiger partial charge in [-0.25, -0.2) is 0 Å². The Kier molecular flexibility index (Phi) is 4.62. The molecular formula is C14H27N3O. The van der Waals surface area contributed by atoms with E-state index in [2.05, 4.69) is 5.32 Å². The monoisotopic (exact) mass is 253 g/mol. The topological polar surface area (TPSA) is 58.4 Å². The highest BCUT2D eigenvalue weighted by Gasteiger charge is 2.28. The molecule has 2 rings (SSSR count). The molecule has 104 valence electrons. The number of piperidine rings is 1. The van der Waals surface area contributed by atoms with Crippen LogP contribution in [0.25, 0.3) is 0 Å². The molecule has 0 radical (unpaired) electrons. The molecule has 0 spiro atoms. The van der Waals surface area contributed by atoms with Gasteiger partial charge in [-0.2, -0.15) is 0 Å². The van der Waals surface area contributed by atoms with Crippen LogP contribution >= 0.6 is 0 Å². The first-order valence-electron chi connectivity index (χ1n) is 7.35. The van der Waals surface area contributed by atoms with Gasteiger partial charge in [0.05, 0.1) is 6.04 Å². The second-order valence-corrected chi connectivity index (χ2v) is 6.22. The predicted molar refractivity (Wildman–Crippen MR) is 73.1 cm³/mol. The number of hydrogen-bond donors (Lipinski definition) is 2. The average Bonchev–Trinajstić information content (AvgIpc) is 3.19. The van der Waals surface area contributed by atoms with Crippen LogP contribution in [-0.2, 0) is 4.79 Å². The summed E-state index contributed by atoms with van der Waals surface area (Å²) in [5.74, 6) is 1.29. The van der Waals surface area contributed by atoms with Gasteiger partial charge in [0.1, 0.15) is 0 Å². The summed E-state index contributed by atoms with van der Waals surface area (Å²) in [6, 6.07) is 0.269. The molecule has 1 saturated heterocycles. The van der Waals surface area contributed by atoms with E-state index < -0.39 is 0 Å². The highest BCUT2D eigenvalue weighted by Crippen LogP contribution is 2.28. The van der Waals surface area contributed by atoms with Crippen molar-refractivity contribution in [1.29, 1.82) is 0 Å². The van der Waals surface area contributed by atoms with E-state index >= 15 is 0 Å². The highest BCUT2D eigenvalue weighted by molar-refractivity contribution is 5.82. The summed E-state index contributed by atoms with van der Waals surface area (Å²) in [5.41, 5.74) is 5.93. The number of nitrogens with two attached hydrogens (primary N) is 1. The van der Waals surface area contributed by atoms with Crippen LogP contribution in [0.2, 0.25) is 0 Å². The van der Waals surface area contributed by atoms with Gasteiger partial charge < -0.3 is 16.0 Å². The Bertz CT molecular complexity index is 281. The quantitative estimate of drug-likeness (QED) is 0.767. The first-order valence-corrected chi connectivity index (χ1v) is 7.35. The van der Waals surface area contributed by atoms with Gasteiger partial charge in [-0.15, -0.1) is 0 Å². The van der Waals surface area contributed by atoms with E-state index in [0.29, 0.717) is 6.04 Å². The Morgan fingerprint density at radius 2 is 1.89 bits per heavy atom. The Balaban J connectivity index is 1.70. The summed E-state index contributed by atoms with van der Waals surface area (Å²) >= 11 is 0. The first-order chi connectivity index (χ1) is 8.58. The summed E-state index contributed by atoms with van der Waals surface area (Å²) < 4.78 is 0. The second-order valence-electron chi connectivity index (χ2n) is 6.22. The third-order valence-electron chi connectivity index (χ3n) is 4.20. The predicted octanol–water partition coefficient (Wildman–Crippen LogP) is 0.960. The fourth-order valence-electron chi connectivity index (χ4n) is 2.46. The van der Waals surface area contributed by atoms with Crippen molar-refractivity contribution in [3.63, 3.8) is 0 Å². The Hall–Kier alpha value is -0.610. The van der Waals surface area contributed by atoms with Gasteiger partial charge in [0.15, 0.2) is 0 Å². The van der Waals surface area contributed by atoms with Crippen molar-refractivity contribution >= 4 is 5.91 Å². The normalized spacial score (nSPS) is 23.4. The van der Waals surface area contributed by atoms with Crippen molar-refractivity contribution in [3.8, 4) is 0 Å². The molecule has 18 heavy (non-hydrogen) atoms. The van der Waals surface area contributed by atoms with Crippen LogP contribution in [0, 0.1) is 11.8 Å². The van der Waals surface area contributed by atoms with E-state index in [0.717, 1.165) is 31.8 Å². The molecule has 2 fully saturated rings. The van der Waals surface area contributed by atoms with Gasteiger partial charge >= 0.3 is 0 Å². The summed E-state index contributed by atoms with van der Waals surface area (Å²) in [6.07, 6.45) is 4.94. The number of hydrogen-bond acceptors (Lipinski definition) is 3. The Labute approximate surface area is 110 Å². The zero-order valence-electron chi connectivity index (χ0n) is 11.7. The van der Waals surface area contributed by atoms with Crippen LogP contribution in [0.5, 0.6) is 0 Å². The van der Waals surface area contributed by atoms with Crippen molar-refractivity contribution in [2.75, 3.05) is 19.6 Å². The smallest absolute Gasteiger partial charge is 0.239 e.